The van der Waals surface area contributed by atoms with Gasteiger partial charge in [0, 0.05) is 13.1 Å². The van der Waals surface area contributed by atoms with Crippen molar-refractivity contribution in [1.82, 2.24) is 10.5 Å². The molecule has 0 saturated carbocycles. The van der Waals surface area contributed by atoms with Crippen molar-refractivity contribution in [3.05, 3.63) is 54.2 Å². The van der Waals surface area contributed by atoms with E-state index in [0.29, 0.717) is 12.3 Å². The van der Waals surface area contributed by atoms with E-state index in [1.165, 1.54) is 12.8 Å². The molecule has 0 unspecified atom stereocenters. The normalized spacial score (nSPS) is 13.8. The number of nitrogens with zero attached hydrogens (tertiary/aromatic N) is 2. The molecule has 3 rings (SSSR count). The number of hydroxylamine groups is 1. The molecule has 2 aromatic rings. The van der Waals surface area contributed by atoms with E-state index in [-0.39, 0.29) is 0 Å². The summed E-state index contributed by atoms with van der Waals surface area (Å²) in [6, 6.07) is 13.0. The Morgan fingerprint density at radius 2 is 1.91 bits per heavy atom. The number of urea groups is 1. The monoisotopic (exact) mass is 312 g/mol. The minimum absolute atomic E-state index is 0.320. The smallest absolute Gasteiger partial charge is 0.343 e. The van der Waals surface area contributed by atoms with Crippen LogP contribution in [0.5, 0.6) is 0 Å². The van der Waals surface area contributed by atoms with Crippen LogP contribution in [0.25, 0.3) is 0 Å². The highest BCUT2D eigenvalue weighted by molar-refractivity contribution is 5.88. The molecule has 2 heterocycles. The van der Waals surface area contributed by atoms with E-state index in [2.05, 4.69) is 20.7 Å². The summed E-state index contributed by atoms with van der Waals surface area (Å²) in [7, 11) is 0. The lowest BCUT2D eigenvalue weighted by Crippen LogP contribution is -2.28. The van der Waals surface area contributed by atoms with Gasteiger partial charge < -0.3 is 10.2 Å². The van der Waals surface area contributed by atoms with Crippen molar-refractivity contribution in [2.75, 3.05) is 23.3 Å². The van der Waals surface area contributed by atoms with Crippen LogP contribution in [0.4, 0.5) is 16.3 Å². The lowest BCUT2D eigenvalue weighted by atomic mass is 10.2. The van der Waals surface area contributed by atoms with Gasteiger partial charge in [0.15, 0.2) is 0 Å². The fourth-order valence-electron chi connectivity index (χ4n) is 2.51. The van der Waals surface area contributed by atoms with Gasteiger partial charge in [0.1, 0.15) is 5.82 Å². The predicted octanol–water partition coefficient (Wildman–Crippen LogP) is 2.94. The molecule has 0 radical (unpaired) electrons. The fourth-order valence-corrected chi connectivity index (χ4v) is 2.51. The average Bonchev–Trinajstić information content (AvgIpc) is 3.11. The first-order chi connectivity index (χ1) is 11.3. The minimum Gasteiger partial charge on any atom is -0.357 e. The zero-order valence-corrected chi connectivity index (χ0v) is 12.9. The van der Waals surface area contributed by atoms with Crippen molar-refractivity contribution in [3.63, 3.8) is 0 Å². The van der Waals surface area contributed by atoms with Gasteiger partial charge in [-0.3, -0.25) is 4.84 Å². The molecule has 0 atom stereocenters. The molecule has 23 heavy (non-hydrogen) atoms. The van der Waals surface area contributed by atoms with Crippen molar-refractivity contribution in [1.29, 1.82) is 0 Å². The Labute approximate surface area is 135 Å². The SMILES string of the molecule is O=C(NOCc1ccccc1)Nc1ccc(N2CCCC2)nc1. The maximum atomic E-state index is 11.8. The van der Waals surface area contributed by atoms with Crippen LogP contribution in [-0.4, -0.2) is 24.1 Å². The fraction of sp³-hybridized carbons (Fsp3) is 0.294. The van der Waals surface area contributed by atoms with Gasteiger partial charge in [-0.2, -0.15) is 0 Å². The number of hydrogen-bond acceptors (Lipinski definition) is 4. The second kappa shape index (κ2) is 7.60. The summed E-state index contributed by atoms with van der Waals surface area (Å²) < 4.78 is 0. The van der Waals surface area contributed by atoms with Gasteiger partial charge in [0.2, 0.25) is 0 Å². The maximum absolute atomic E-state index is 11.8. The highest BCUT2D eigenvalue weighted by Crippen LogP contribution is 2.18. The summed E-state index contributed by atoms with van der Waals surface area (Å²) in [5.41, 5.74) is 3.98. The highest BCUT2D eigenvalue weighted by atomic mass is 16.7. The zero-order valence-electron chi connectivity index (χ0n) is 12.9. The molecule has 1 aromatic carbocycles. The van der Waals surface area contributed by atoms with Gasteiger partial charge in [-0.05, 0) is 30.5 Å². The Hall–Kier alpha value is -2.60. The molecule has 2 amide bonds. The van der Waals surface area contributed by atoms with E-state index in [9.17, 15) is 4.79 Å². The predicted molar refractivity (Wildman–Crippen MR) is 89.1 cm³/mol. The average molecular weight is 312 g/mol. The van der Waals surface area contributed by atoms with Crippen LogP contribution in [0.2, 0.25) is 0 Å². The molecule has 2 N–H and O–H groups in total. The van der Waals surface area contributed by atoms with Crippen molar-refractivity contribution in [2.24, 2.45) is 0 Å². The second-order valence-corrected chi connectivity index (χ2v) is 5.43. The van der Waals surface area contributed by atoms with Crippen molar-refractivity contribution < 1.29 is 9.63 Å². The number of carbonyl (C=O) groups is 1. The van der Waals surface area contributed by atoms with Crippen LogP contribution < -0.4 is 15.7 Å². The summed E-state index contributed by atoms with van der Waals surface area (Å²) in [6.45, 7) is 2.42. The summed E-state index contributed by atoms with van der Waals surface area (Å²) in [6.07, 6.45) is 4.08. The molecule has 6 heteroatoms. The molecule has 1 aliphatic heterocycles. The maximum Gasteiger partial charge on any atom is 0.343 e. The third-order valence-corrected chi connectivity index (χ3v) is 3.68. The Morgan fingerprint density at radius 3 is 2.61 bits per heavy atom. The first-order valence-electron chi connectivity index (χ1n) is 7.75. The summed E-state index contributed by atoms with van der Waals surface area (Å²) in [5, 5.41) is 2.69. The molecular formula is C17H20N4O2. The van der Waals surface area contributed by atoms with Crippen LogP contribution in [0.15, 0.2) is 48.7 Å². The topological polar surface area (TPSA) is 66.5 Å². The molecular weight excluding hydrogens is 292 g/mol. The van der Waals surface area contributed by atoms with Gasteiger partial charge in [-0.1, -0.05) is 30.3 Å². The lowest BCUT2D eigenvalue weighted by molar-refractivity contribution is 0.0536. The molecule has 120 valence electrons. The van der Waals surface area contributed by atoms with Crippen molar-refractivity contribution in [3.8, 4) is 0 Å². The van der Waals surface area contributed by atoms with E-state index in [1.807, 2.05) is 42.5 Å². The molecule has 0 spiro atoms. The van der Waals surface area contributed by atoms with Gasteiger partial charge in [0.05, 0.1) is 18.5 Å². The Balaban J connectivity index is 1.44. The summed E-state index contributed by atoms with van der Waals surface area (Å²) in [4.78, 5) is 23.6. The third-order valence-electron chi connectivity index (χ3n) is 3.68. The Morgan fingerprint density at radius 1 is 1.13 bits per heavy atom. The first-order valence-corrected chi connectivity index (χ1v) is 7.75. The van der Waals surface area contributed by atoms with Crippen LogP contribution in [-0.2, 0) is 11.4 Å². The van der Waals surface area contributed by atoms with Crippen LogP contribution in [0, 0.1) is 0 Å². The molecule has 0 aliphatic carbocycles. The van der Waals surface area contributed by atoms with Crippen molar-refractivity contribution in [2.45, 2.75) is 19.4 Å². The van der Waals surface area contributed by atoms with E-state index in [1.54, 1.807) is 6.20 Å². The van der Waals surface area contributed by atoms with Crippen LogP contribution in [0.1, 0.15) is 18.4 Å². The van der Waals surface area contributed by atoms with E-state index < -0.39 is 6.03 Å². The number of benzene rings is 1. The molecule has 1 saturated heterocycles. The number of carbonyl (C=O) groups excluding carboxylic acids is 1. The third kappa shape index (κ3) is 4.43. The minimum atomic E-state index is -0.420. The number of rotatable bonds is 5. The lowest BCUT2D eigenvalue weighted by Gasteiger charge is -2.16. The number of amides is 2. The summed E-state index contributed by atoms with van der Waals surface area (Å²) in [5.74, 6) is 0.953. The van der Waals surface area contributed by atoms with Gasteiger partial charge >= 0.3 is 6.03 Å². The molecule has 1 aliphatic rings. The van der Waals surface area contributed by atoms with Crippen molar-refractivity contribution >= 4 is 17.5 Å². The highest BCUT2D eigenvalue weighted by Gasteiger charge is 2.13. The standard InChI is InChI=1S/C17H20N4O2/c22-17(20-23-13-14-6-2-1-3-7-14)19-15-8-9-16(18-12-15)21-10-4-5-11-21/h1-3,6-9,12H,4-5,10-11,13H2,(H2,19,20,22). The molecule has 0 bridgehead atoms. The van der Waals surface area contributed by atoms with E-state index in [0.717, 1.165) is 24.5 Å². The molecule has 6 nitrogen and oxygen atoms in total. The van der Waals surface area contributed by atoms with Crippen LogP contribution in [0.3, 0.4) is 0 Å². The number of hydrogen-bond donors (Lipinski definition) is 2. The molecule has 1 aromatic heterocycles. The van der Waals surface area contributed by atoms with Gasteiger partial charge in [-0.25, -0.2) is 15.3 Å². The number of aromatic nitrogens is 1. The molecule has 1 fully saturated rings. The van der Waals surface area contributed by atoms with Crippen LogP contribution >= 0.6 is 0 Å². The number of nitrogens with one attached hydrogen (secondary N) is 2. The van der Waals surface area contributed by atoms with Gasteiger partial charge in [-0.15, -0.1) is 0 Å². The van der Waals surface area contributed by atoms with E-state index in [4.69, 9.17) is 4.84 Å². The summed E-state index contributed by atoms with van der Waals surface area (Å²) >= 11 is 0. The Bertz CT molecular complexity index is 625. The van der Waals surface area contributed by atoms with E-state index >= 15 is 0 Å². The van der Waals surface area contributed by atoms with Gasteiger partial charge in [0.25, 0.3) is 0 Å². The zero-order chi connectivity index (χ0) is 15.9. The second-order valence-electron chi connectivity index (χ2n) is 5.43. The number of anilines is 2. The quantitative estimate of drug-likeness (QED) is 0.833. The number of pyridine rings is 1. The largest absolute Gasteiger partial charge is 0.357 e. The first kappa shape index (κ1) is 15.3. The Kier molecular flexibility index (Phi) is 5.06.